The molecule has 1 aromatic carbocycles. The van der Waals surface area contributed by atoms with Crippen molar-refractivity contribution in [3.05, 3.63) is 41.6 Å². The number of anilines is 1. The van der Waals surface area contributed by atoms with Gasteiger partial charge in [-0.3, -0.25) is 4.68 Å². The maximum Gasteiger partial charge on any atom is 0.153 e. The van der Waals surface area contributed by atoms with Crippen molar-refractivity contribution in [1.29, 1.82) is 0 Å². The Kier molecular flexibility index (Phi) is 3.55. The monoisotopic (exact) mass is 245 g/mol. The van der Waals surface area contributed by atoms with Crippen LogP contribution < -0.4 is 9.64 Å². The fourth-order valence-electron chi connectivity index (χ4n) is 1.95. The Morgan fingerprint density at radius 1 is 1.22 bits per heavy atom. The Morgan fingerprint density at radius 2 is 1.89 bits per heavy atom. The van der Waals surface area contributed by atoms with E-state index in [-0.39, 0.29) is 0 Å². The minimum Gasteiger partial charge on any atom is -0.497 e. The molecule has 2 aromatic rings. The minimum absolute atomic E-state index is 0.776. The first kappa shape index (κ1) is 12.5. The van der Waals surface area contributed by atoms with Gasteiger partial charge in [0.05, 0.1) is 13.7 Å². The van der Waals surface area contributed by atoms with Crippen LogP contribution in [-0.2, 0) is 6.54 Å². The molecule has 0 unspecified atom stereocenters. The fraction of sp³-hybridized carbons (Fsp3) is 0.357. The van der Waals surface area contributed by atoms with Crippen LogP contribution in [0.1, 0.15) is 11.1 Å². The summed E-state index contributed by atoms with van der Waals surface area (Å²) in [5.41, 5.74) is 2.40. The molecule has 0 amide bonds. The maximum absolute atomic E-state index is 5.14. The largest absolute Gasteiger partial charge is 0.497 e. The lowest BCUT2D eigenvalue weighted by atomic mass is 10.2. The minimum atomic E-state index is 0.776. The molecule has 0 saturated carbocycles. The molecule has 0 N–H and O–H groups in total. The van der Waals surface area contributed by atoms with Crippen LogP contribution in [-0.4, -0.2) is 31.0 Å². The van der Waals surface area contributed by atoms with Crippen LogP contribution in [0.3, 0.4) is 0 Å². The third-order valence-electron chi connectivity index (χ3n) is 2.85. The third kappa shape index (κ3) is 2.64. The molecule has 2 rings (SSSR count). The van der Waals surface area contributed by atoms with E-state index in [1.54, 1.807) is 7.11 Å². The van der Waals surface area contributed by atoms with Crippen molar-refractivity contribution in [2.75, 3.05) is 26.1 Å². The number of aryl methyl sites for hydroxylation is 1. The SMILES string of the molecule is COc1ccc(Cn2cc(C)c(N(C)C)n2)cc1. The second-order valence-corrected chi connectivity index (χ2v) is 4.58. The van der Waals surface area contributed by atoms with Crippen molar-refractivity contribution >= 4 is 5.82 Å². The second-order valence-electron chi connectivity index (χ2n) is 4.58. The smallest absolute Gasteiger partial charge is 0.153 e. The molecule has 4 heteroatoms. The molecule has 0 atom stereocenters. The zero-order valence-corrected chi connectivity index (χ0v) is 11.3. The maximum atomic E-state index is 5.14. The molecule has 0 aliphatic rings. The summed E-state index contributed by atoms with van der Waals surface area (Å²) in [6.07, 6.45) is 2.07. The lowest BCUT2D eigenvalue weighted by Gasteiger charge is -2.08. The number of hydrogen-bond acceptors (Lipinski definition) is 3. The Morgan fingerprint density at radius 3 is 2.39 bits per heavy atom. The molecule has 4 nitrogen and oxygen atoms in total. The summed E-state index contributed by atoms with van der Waals surface area (Å²) in [7, 11) is 5.69. The molecule has 0 aliphatic carbocycles. The second kappa shape index (κ2) is 5.12. The van der Waals surface area contributed by atoms with E-state index >= 15 is 0 Å². The van der Waals surface area contributed by atoms with Crippen molar-refractivity contribution in [3.8, 4) is 5.75 Å². The van der Waals surface area contributed by atoms with Gasteiger partial charge in [0.25, 0.3) is 0 Å². The lowest BCUT2D eigenvalue weighted by molar-refractivity contribution is 0.414. The number of nitrogens with zero attached hydrogens (tertiary/aromatic N) is 3. The number of hydrogen-bond donors (Lipinski definition) is 0. The van der Waals surface area contributed by atoms with Gasteiger partial charge in [-0.15, -0.1) is 0 Å². The Bertz CT molecular complexity index is 514. The third-order valence-corrected chi connectivity index (χ3v) is 2.85. The van der Waals surface area contributed by atoms with Crippen molar-refractivity contribution in [3.63, 3.8) is 0 Å². The number of ether oxygens (including phenoxy) is 1. The van der Waals surface area contributed by atoms with Gasteiger partial charge in [-0.25, -0.2) is 0 Å². The van der Waals surface area contributed by atoms with E-state index in [0.717, 1.165) is 18.1 Å². The molecule has 0 aliphatic heterocycles. The zero-order valence-electron chi connectivity index (χ0n) is 11.3. The molecular formula is C14H19N3O. The Hall–Kier alpha value is -1.97. The van der Waals surface area contributed by atoms with Gasteiger partial charge in [-0.2, -0.15) is 5.10 Å². The van der Waals surface area contributed by atoms with Gasteiger partial charge in [0.15, 0.2) is 5.82 Å². The standard InChI is InChI=1S/C14H19N3O/c1-11-9-17(15-14(11)16(2)3)10-12-5-7-13(18-4)8-6-12/h5-9H,10H2,1-4H3. The summed E-state index contributed by atoms with van der Waals surface area (Å²) in [5.74, 6) is 1.90. The first-order valence-corrected chi connectivity index (χ1v) is 5.94. The van der Waals surface area contributed by atoms with Gasteiger partial charge in [0.1, 0.15) is 5.75 Å². The van der Waals surface area contributed by atoms with Crippen LogP contribution in [0.25, 0.3) is 0 Å². The molecule has 96 valence electrons. The van der Waals surface area contributed by atoms with Gasteiger partial charge in [-0.1, -0.05) is 12.1 Å². The lowest BCUT2D eigenvalue weighted by Crippen LogP contribution is -2.11. The summed E-state index contributed by atoms with van der Waals surface area (Å²) in [5, 5.41) is 4.56. The summed E-state index contributed by atoms with van der Waals surface area (Å²) < 4.78 is 7.11. The van der Waals surface area contributed by atoms with Crippen LogP contribution in [0.4, 0.5) is 5.82 Å². The van der Waals surface area contributed by atoms with E-state index in [4.69, 9.17) is 4.74 Å². The van der Waals surface area contributed by atoms with Gasteiger partial charge >= 0.3 is 0 Å². The molecule has 0 saturated heterocycles. The van der Waals surface area contributed by atoms with Crippen LogP contribution >= 0.6 is 0 Å². The topological polar surface area (TPSA) is 30.3 Å². The normalized spacial score (nSPS) is 10.4. The Labute approximate surface area is 108 Å². The van der Waals surface area contributed by atoms with E-state index in [1.165, 1.54) is 11.1 Å². The van der Waals surface area contributed by atoms with Crippen LogP contribution in [0.5, 0.6) is 5.75 Å². The molecule has 0 fully saturated rings. The molecule has 1 heterocycles. The average Bonchev–Trinajstić information content (AvgIpc) is 2.71. The van der Waals surface area contributed by atoms with Crippen molar-refractivity contribution in [2.45, 2.75) is 13.5 Å². The number of rotatable bonds is 4. The molecule has 0 radical (unpaired) electrons. The summed E-state index contributed by atoms with van der Waals surface area (Å²) in [4.78, 5) is 2.03. The van der Waals surface area contributed by atoms with E-state index in [1.807, 2.05) is 35.8 Å². The summed E-state index contributed by atoms with van der Waals surface area (Å²) in [6, 6.07) is 8.06. The highest BCUT2D eigenvalue weighted by Gasteiger charge is 2.06. The van der Waals surface area contributed by atoms with E-state index in [2.05, 4.69) is 30.4 Å². The van der Waals surface area contributed by atoms with Crippen LogP contribution in [0, 0.1) is 6.92 Å². The highest BCUT2D eigenvalue weighted by Crippen LogP contribution is 2.16. The predicted octanol–water partition coefficient (Wildman–Crippen LogP) is 2.31. The van der Waals surface area contributed by atoms with Crippen LogP contribution in [0.15, 0.2) is 30.5 Å². The van der Waals surface area contributed by atoms with Gasteiger partial charge < -0.3 is 9.64 Å². The highest BCUT2D eigenvalue weighted by molar-refractivity contribution is 5.43. The van der Waals surface area contributed by atoms with Crippen molar-refractivity contribution in [1.82, 2.24) is 9.78 Å². The first-order valence-electron chi connectivity index (χ1n) is 5.94. The quantitative estimate of drug-likeness (QED) is 0.828. The first-order chi connectivity index (χ1) is 8.60. The van der Waals surface area contributed by atoms with Crippen LogP contribution in [0.2, 0.25) is 0 Å². The van der Waals surface area contributed by atoms with E-state index < -0.39 is 0 Å². The predicted molar refractivity (Wildman–Crippen MR) is 73.4 cm³/mol. The number of methoxy groups -OCH3 is 1. The Balaban J connectivity index is 2.15. The van der Waals surface area contributed by atoms with Crippen molar-refractivity contribution in [2.24, 2.45) is 0 Å². The molecule has 18 heavy (non-hydrogen) atoms. The molecule has 1 aromatic heterocycles. The van der Waals surface area contributed by atoms with Crippen molar-refractivity contribution < 1.29 is 4.74 Å². The van der Waals surface area contributed by atoms with Gasteiger partial charge in [0.2, 0.25) is 0 Å². The van der Waals surface area contributed by atoms with E-state index in [9.17, 15) is 0 Å². The summed E-state index contributed by atoms with van der Waals surface area (Å²) in [6.45, 7) is 2.85. The van der Waals surface area contributed by atoms with E-state index in [0.29, 0.717) is 0 Å². The highest BCUT2D eigenvalue weighted by atomic mass is 16.5. The fourth-order valence-corrected chi connectivity index (χ4v) is 1.95. The molecular weight excluding hydrogens is 226 g/mol. The number of aromatic nitrogens is 2. The number of benzene rings is 1. The molecule has 0 spiro atoms. The van der Waals surface area contributed by atoms with Gasteiger partial charge in [0, 0.05) is 25.9 Å². The van der Waals surface area contributed by atoms with Gasteiger partial charge in [-0.05, 0) is 24.6 Å². The molecule has 0 bridgehead atoms. The summed E-state index contributed by atoms with van der Waals surface area (Å²) >= 11 is 0. The zero-order chi connectivity index (χ0) is 13.1. The average molecular weight is 245 g/mol.